The van der Waals surface area contributed by atoms with Gasteiger partial charge in [0.05, 0.1) is 5.92 Å². The predicted molar refractivity (Wildman–Crippen MR) is 111 cm³/mol. The van der Waals surface area contributed by atoms with Gasteiger partial charge in [-0.05, 0) is 35.4 Å². The standard InChI is InChI=1S/C23H16BrNO3/c24-16-9-10-18(20(26)13-16)19-14-17-8-4-5-11-25(17)22(19)23(28)21(27)12-15-6-2-1-3-7-15/h1-11,13-14,18H,12H2. The molecule has 2 heterocycles. The number of benzene rings is 1. The molecule has 0 bridgehead atoms. The molecule has 1 aliphatic carbocycles. The highest BCUT2D eigenvalue weighted by molar-refractivity contribution is 9.11. The average Bonchev–Trinajstić information content (AvgIpc) is 3.07. The van der Waals surface area contributed by atoms with Gasteiger partial charge in [0.15, 0.2) is 5.78 Å². The van der Waals surface area contributed by atoms with E-state index in [1.54, 1.807) is 28.8 Å². The van der Waals surface area contributed by atoms with E-state index in [0.717, 1.165) is 11.1 Å². The fraction of sp³-hybridized carbons (Fsp3) is 0.0870. The zero-order valence-electron chi connectivity index (χ0n) is 14.8. The van der Waals surface area contributed by atoms with Crippen LogP contribution in [0.4, 0.5) is 0 Å². The van der Waals surface area contributed by atoms with Crippen LogP contribution in [0.2, 0.25) is 0 Å². The number of halogens is 1. The molecule has 0 spiro atoms. The van der Waals surface area contributed by atoms with E-state index in [2.05, 4.69) is 15.9 Å². The fourth-order valence-corrected chi connectivity index (χ4v) is 3.81. The van der Waals surface area contributed by atoms with Crippen molar-refractivity contribution in [2.75, 3.05) is 0 Å². The van der Waals surface area contributed by atoms with Crippen molar-refractivity contribution in [1.82, 2.24) is 4.40 Å². The highest BCUT2D eigenvalue weighted by Gasteiger charge is 2.30. The van der Waals surface area contributed by atoms with E-state index in [0.29, 0.717) is 10.0 Å². The molecule has 2 aromatic heterocycles. The normalized spacial score (nSPS) is 16.2. The van der Waals surface area contributed by atoms with Crippen molar-refractivity contribution in [3.05, 3.63) is 100 Å². The van der Waals surface area contributed by atoms with Gasteiger partial charge in [0.25, 0.3) is 0 Å². The molecule has 0 aliphatic heterocycles. The molecular weight excluding hydrogens is 418 g/mol. The lowest BCUT2D eigenvalue weighted by atomic mass is 9.89. The minimum absolute atomic E-state index is 0.0269. The van der Waals surface area contributed by atoms with E-state index >= 15 is 0 Å². The number of carbonyl (C=O) groups excluding carboxylic acids is 3. The number of ketones is 3. The molecule has 4 nitrogen and oxygen atoms in total. The maximum Gasteiger partial charge on any atom is 0.245 e. The first-order chi connectivity index (χ1) is 13.5. The number of hydrogen-bond acceptors (Lipinski definition) is 3. The Morgan fingerprint density at radius 3 is 2.54 bits per heavy atom. The summed E-state index contributed by atoms with van der Waals surface area (Å²) in [5.74, 6) is -1.81. The number of nitrogens with zero attached hydrogens (tertiary/aromatic N) is 1. The van der Waals surface area contributed by atoms with Crippen LogP contribution in [0.25, 0.3) is 5.52 Å². The molecule has 28 heavy (non-hydrogen) atoms. The van der Waals surface area contributed by atoms with Gasteiger partial charge in [-0.15, -0.1) is 0 Å². The first kappa shape index (κ1) is 18.3. The molecule has 1 aliphatic rings. The lowest BCUT2D eigenvalue weighted by Gasteiger charge is -2.14. The Bertz CT molecular complexity index is 1160. The SMILES string of the molecule is O=C(Cc1ccccc1)C(=O)c1c(C2C=CC(Br)=CC2=O)cc2ccccn12. The Morgan fingerprint density at radius 2 is 1.79 bits per heavy atom. The summed E-state index contributed by atoms with van der Waals surface area (Å²) >= 11 is 3.30. The quantitative estimate of drug-likeness (QED) is 0.441. The van der Waals surface area contributed by atoms with Gasteiger partial charge in [0.1, 0.15) is 5.69 Å². The number of carbonyl (C=O) groups is 3. The van der Waals surface area contributed by atoms with Crippen LogP contribution in [-0.2, 0) is 16.0 Å². The van der Waals surface area contributed by atoms with Crippen molar-refractivity contribution >= 4 is 38.8 Å². The van der Waals surface area contributed by atoms with Crippen LogP contribution >= 0.6 is 15.9 Å². The van der Waals surface area contributed by atoms with Gasteiger partial charge < -0.3 is 4.40 Å². The lowest BCUT2D eigenvalue weighted by molar-refractivity contribution is -0.115. The second-order valence-electron chi connectivity index (χ2n) is 6.63. The van der Waals surface area contributed by atoms with Crippen molar-refractivity contribution in [1.29, 1.82) is 0 Å². The highest BCUT2D eigenvalue weighted by atomic mass is 79.9. The molecule has 1 aromatic carbocycles. The second kappa shape index (κ2) is 7.52. The molecule has 0 N–H and O–H groups in total. The second-order valence-corrected chi connectivity index (χ2v) is 7.54. The summed E-state index contributed by atoms with van der Waals surface area (Å²) in [6.07, 6.45) is 6.80. The van der Waals surface area contributed by atoms with Gasteiger partial charge in [-0.2, -0.15) is 0 Å². The molecule has 0 fully saturated rings. The van der Waals surface area contributed by atoms with E-state index < -0.39 is 17.5 Å². The number of pyridine rings is 1. The van der Waals surface area contributed by atoms with Gasteiger partial charge in [0, 0.05) is 22.6 Å². The van der Waals surface area contributed by atoms with Crippen molar-refractivity contribution in [2.45, 2.75) is 12.3 Å². The van der Waals surface area contributed by atoms with E-state index in [1.165, 1.54) is 6.08 Å². The molecule has 4 rings (SSSR count). The van der Waals surface area contributed by atoms with E-state index in [-0.39, 0.29) is 17.9 Å². The van der Waals surface area contributed by atoms with E-state index in [1.807, 2.05) is 48.5 Å². The monoisotopic (exact) mass is 433 g/mol. The topological polar surface area (TPSA) is 55.6 Å². The molecule has 0 saturated carbocycles. The summed E-state index contributed by atoms with van der Waals surface area (Å²) in [7, 11) is 0. The highest BCUT2D eigenvalue weighted by Crippen LogP contribution is 2.31. The van der Waals surface area contributed by atoms with Gasteiger partial charge in [-0.3, -0.25) is 14.4 Å². The molecule has 0 saturated heterocycles. The fourth-order valence-electron chi connectivity index (χ4n) is 3.43. The maximum absolute atomic E-state index is 13.1. The summed E-state index contributed by atoms with van der Waals surface area (Å²) in [5.41, 5.74) is 2.35. The van der Waals surface area contributed by atoms with Crippen molar-refractivity contribution in [2.24, 2.45) is 0 Å². The lowest BCUT2D eigenvalue weighted by Crippen LogP contribution is -2.22. The molecule has 5 heteroatoms. The summed E-state index contributed by atoms with van der Waals surface area (Å²) in [5, 5.41) is 0. The van der Waals surface area contributed by atoms with Crippen LogP contribution in [0.1, 0.15) is 27.5 Å². The summed E-state index contributed by atoms with van der Waals surface area (Å²) in [6, 6.07) is 16.5. The Hall–Kier alpha value is -3.05. The smallest absolute Gasteiger partial charge is 0.245 e. The number of hydrogen-bond donors (Lipinski definition) is 0. The third kappa shape index (κ3) is 3.41. The van der Waals surface area contributed by atoms with E-state index in [4.69, 9.17) is 0 Å². The number of Topliss-reactive ketones (excluding diaryl/α,β-unsaturated/α-hetero) is 2. The Kier molecular flexibility index (Phi) is 4.92. The minimum atomic E-state index is -0.593. The predicted octanol–water partition coefficient (Wildman–Crippen LogP) is 4.44. The summed E-state index contributed by atoms with van der Waals surface area (Å²) in [4.78, 5) is 38.4. The Balaban J connectivity index is 1.77. The Morgan fingerprint density at radius 1 is 1.04 bits per heavy atom. The number of rotatable bonds is 5. The zero-order valence-corrected chi connectivity index (χ0v) is 16.4. The van der Waals surface area contributed by atoms with Crippen LogP contribution in [0.3, 0.4) is 0 Å². The zero-order chi connectivity index (χ0) is 19.7. The largest absolute Gasteiger partial charge is 0.313 e. The van der Waals surface area contributed by atoms with Gasteiger partial charge in [-0.25, -0.2) is 0 Å². The van der Waals surface area contributed by atoms with Gasteiger partial charge in [0.2, 0.25) is 11.6 Å². The molecular formula is C23H16BrNO3. The summed E-state index contributed by atoms with van der Waals surface area (Å²) < 4.78 is 2.38. The number of allylic oxidation sites excluding steroid dienone is 4. The van der Waals surface area contributed by atoms with E-state index in [9.17, 15) is 14.4 Å². The summed E-state index contributed by atoms with van der Waals surface area (Å²) in [6.45, 7) is 0. The number of fused-ring (bicyclic) bond motifs is 1. The average molecular weight is 434 g/mol. The van der Waals surface area contributed by atoms with Crippen LogP contribution in [0.5, 0.6) is 0 Å². The number of aromatic nitrogens is 1. The van der Waals surface area contributed by atoms with Crippen LogP contribution in [0, 0.1) is 0 Å². The molecule has 1 atom stereocenters. The first-order valence-electron chi connectivity index (χ1n) is 8.85. The third-order valence-corrected chi connectivity index (χ3v) is 5.25. The molecule has 1 unspecified atom stereocenters. The third-order valence-electron chi connectivity index (χ3n) is 4.75. The maximum atomic E-state index is 13.1. The van der Waals surface area contributed by atoms with Crippen molar-refractivity contribution in [3.8, 4) is 0 Å². The first-order valence-corrected chi connectivity index (χ1v) is 9.64. The van der Waals surface area contributed by atoms with Crippen LogP contribution in [0.15, 0.2) is 83.5 Å². The molecule has 0 amide bonds. The van der Waals surface area contributed by atoms with Crippen molar-refractivity contribution < 1.29 is 14.4 Å². The van der Waals surface area contributed by atoms with Crippen molar-refractivity contribution in [3.63, 3.8) is 0 Å². The minimum Gasteiger partial charge on any atom is -0.313 e. The Labute approximate surface area is 170 Å². The van der Waals surface area contributed by atoms with Crippen LogP contribution in [-0.4, -0.2) is 21.8 Å². The van der Waals surface area contributed by atoms with Gasteiger partial charge >= 0.3 is 0 Å². The van der Waals surface area contributed by atoms with Gasteiger partial charge in [-0.1, -0.05) is 64.5 Å². The molecule has 138 valence electrons. The molecule has 0 radical (unpaired) electrons. The van der Waals surface area contributed by atoms with Crippen LogP contribution < -0.4 is 0 Å². The molecule has 3 aromatic rings.